The van der Waals surface area contributed by atoms with Gasteiger partial charge in [-0.2, -0.15) is 0 Å². The van der Waals surface area contributed by atoms with Gasteiger partial charge in [0.05, 0.1) is 17.7 Å². The Balaban J connectivity index is 2.18. The molecule has 0 unspecified atom stereocenters. The molecule has 1 amide bonds. The zero-order chi connectivity index (χ0) is 15.2. The molecule has 0 saturated heterocycles. The number of aliphatic hydroxyl groups excluding tert-OH is 1. The van der Waals surface area contributed by atoms with E-state index in [-0.39, 0.29) is 12.5 Å². The minimum absolute atomic E-state index is 0.0740. The highest BCUT2D eigenvalue weighted by atomic mass is 32.1. The van der Waals surface area contributed by atoms with Crippen LogP contribution in [0.2, 0.25) is 0 Å². The third-order valence-corrected chi connectivity index (χ3v) is 3.65. The molecule has 5 heteroatoms. The summed E-state index contributed by atoms with van der Waals surface area (Å²) < 4.78 is 0. The van der Waals surface area contributed by atoms with Gasteiger partial charge < -0.3 is 10.0 Å². The zero-order valence-corrected chi connectivity index (χ0v) is 12.8. The number of rotatable bonds is 3. The number of nitrogens with zero attached hydrogens (tertiary/aromatic N) is 2. The van der Waals surface area contributed by atoms with Crippen LogP contribution in [-0.4, -0.2) is 34.6 Å². The van der Waals surface area contributed by atoms with Crippen molar-refractivity contribution >= 4 is 17.2 Å². The van der Waals surface area contributed by atoms with E-state index >= 15 is 0 Å². The Morgan fingerprint density at radius 2 is 2.29 bits per heavy atom. The van der Waals surface area contributed by atoms with Gasteiger partial charge in [-0.3, -0.25) is 4.79 Å². The lowest BCUT2D eigenvalue weighted by atomic mass is 10.0. The molecule has 2 aromatic rings. The summed E-state index contributed by atoms with van der Waals surface area (Å²) in [6.07, 6.45) is 0. The Hall–Kier alpha value is -2.16. The van der Waals surface area contributed by atoms with Crippen molar-refractivity contribution in [2.75, 3.05) is 13.7 Å². The number of thiazole rings is 1. The van der Waals surface area contributed by atoms with Crippen molar-refractivity contribution in [2.45, 2.75) is 13.5 Å². The molecule has 0 saturated carbocycles. The van der Waals surface area contributed by atoms with Crippen molar-refractivity contribution in [1.29, 1.82) is 0 Å². The molecule has 2 rings (SSSR count). The molecule has 0 spiro atoms. The molecule has 0 bridgehead atoms. The molecule has 0 aliphatic carbocycles. The molecular weight excluding hydrogens is 284 g/mol. The molecule has 1 N–H and O–H groups in total. The molecule has 1 aromatic heterocycles. The first-order valence-corrected chi connectivity index (χ1v) is 7.39. The van der Waals surface area contributed by atoms with Crippen molar-refractivity contribution in [1.82, 2.24) is 9.88 Å². The van der Waals surface area contributed by atoms with Gasteiger partial charge in [0, 0.05) is 23.6 Å². The van der Waals surface area contributed by atoms with E-state index in [4.69, 9.17) is 5.11 Å². The van der Waals surface area contributed by atoms with Gasteiger partial charge in [0.1, 0.15) is 6.61 Å². The van der Waals surface area contributed by atoms with Crippen LogP contribution in [0.5, 0.6) is 0 Å². The Kier molecular flexibility index (Phi) is 5.09. The van der Waals surface area contributed by atoms with Gasteiger partial charge in [0.25, 0.3) is 5.91 Å². The van der Waals surface area contributed by atoms with Crippen molar-refractivity contribution in [3.63, 3.8) is 0 Å². The number of carbonyl (C=O) groups excluding carboxylic acids is 1. The number of amides is 1. The van der Waals surface area contributed by atoms with E-state index < -0.39 is 0 Å². The number of aryl methyl sites for hydroxylation is 1. The maximum absolute atomic E-state index is 12.4. The molecule has 0 aliphatic rings. The van der Waals surface area contributed by atoms with Gasteiger partial charge >= 0.3 is 0 Å². The maximum atomic E-state index is 12.4. The van der Waals surface area contributed by atoms with Crippen LogP contribution in [0.4, 0.5) is 0 Å². The van der Waals surface area contributed by atoms with E-state index in [2.05, 4.69) is 16.8 Å². The first-order valence-electron chi connectivity index (χ1n) is 6.44. The lowest BCUT2D eigenvalue weighted by Crippen LogP contribution is -2.26. The topological polar surface area (TPSA) is 53.4 Å². The monoisotopic (exact) mass is 300 g/mol. The van der Waals surface area contributed by atoms with Gasteiger partial charge in [-0.05, 0) is 24.6 Å². The molecule has 4 nitrogen and oxygen atoms in total. The molecule has 1 aromatic carbocycles. The predicted octanol–water partition coefficient (Wildman–Crippen LogP) is 2.07. The fourth-order valence-corrected chi connectivity index (χ4v) is 2.42. The first kappa shape index (κ1) is 15.2. The largest absolute Gasteiger partial charge is 0.384 e. The van der Waals surface area contributed by atoms with Crippen LogP contribution in [0.1, 0.15) is 27.2 Å². The smallest absolute Gasteiger partial charge is 0.253 e. The number of aromatic nitrogens is 1. The van der Waals surface area contributed by atoms with Crippen molar-refractivity contribution in [3.8, 4) is 11.8 Å². The first-order chi connectivity index (χ1) is 10.1. The van der Waals surface area contributed by atoms with Crippen LogP contribution < -0.4 is 0 Å². The normalized spacial score (nSPS) is 9.86. The molecular formula is C16H16N2O2S. The van der Waals surface area contributed by atoms with E-state index in [1.807, 2.05) is 18.4 Å². The summed E-state index contributed by atoms with van der Waals surface area (Å²) in [4.78, 5) is 18.2. The van der Waals surface area contributed by atoms with E-state index in [1.54, 1.807) is 29.6 Å². The fourth-order valence-electron chi connectivity index (χ4n) is 1.88. The van der Waals surface area contributed by atoms with Crippen LogP contribution >= 0.6 is 11.3 Å². The Morgan fingerprint density at radius 3 is 2.95 bits per heavy atom. The lowest BCUT2D eigenvalue weighted by molar-refractivity contribution is 0.0783. The minimum Gasteiger partial charge on any atom is -0.384 e. The standard InChI is InChI=1S/C16H16N2O2S/c1-12-5-6-14(8-13(12)4-3-7-19)16(20)18(2)9-15-10-21-11-17-15/h5-6,8,10-11,19H,7,9H2,1-2H3. The zero-order valence-electron chi connectivity index (χ0n) is 12.0. The number of hydrogen-bond donors (Lipinski definition) is 1. The molecule has 0 atom stereocenters. The van der Waals surface area contributed by atoms with Crippen molar-refractivity contribution < 1.29 is 9.90 Å². The summed E-state index contributed by atoms with van der Waals surface area (Å²) in [5, 5.41) is 10.7. The number of hydrogen-bond acceptors (Lipinski definition) is 4. The average molecular weight is 300 g/mol. The Labute approximate surface area is 128 Å². The fraction of sp³-hybridized carbons (Fsp3) is 0.250. The van der Waals surface area contributed by atoms with Crippen LogP contribution in [0.25, 0.3) is 0 Å². The highest BCUT2D eigenvalue weighted by molar-refractivity contribution is 7.07. The summed E-state index contributed by atoms with van der Waals surface area (Å²) in [5.41, 5.74) is 4.96. The summed E-state index contributed by atoms with van der Waals surface area (Å²) in [7, 11) is 1.75. The number of carbonyl (C=O) groups is 1. The molecule has 108 valence electrons. The van der Waals surface area contributed by atoms with Gasteiger partial charge in [0.2, 0.25) is 0 Å². The predicted molar refractivity (Wildman–Crippen MR) is 83.1 cm³/mol. The summed E-state index contributed by atoms with van der Waals surface area (Å²) in [6.45, 7) is 2.21. The van der Waals surface area contributed by atoms with E-state index in [0.29, 0.717) is 12.1 Å². The third-order valence-electron chi connectivity index (χ3n) is 3.02. The summed E-state index contributed by atoms with van der Waals surface area (Å²) in [5.74, 6) is 5.40. The molecule has 1 heterocycles. The lowest BCUT2D eigenvalue weighted by Gasteiger charge is -2.16. The van der Waals surface area contributed by atoms with E-state index in [0.717, 1.165) is 16.8 Å². The second-order valence-electron chi connectivity index (χ2n) is 4.63. The maximum Gasteiger partial charge on any atom is 0.253 e. The van der Waals surface area contributed by atoms with E-state index in [1.165, 1.54) is 11.3 Å². The Bertz CT molecular complexity index is 684. The van der Waals surface area contributed by atoms with Crippen molar-refractivity contribution in [2.24, 2.45) is 0 Å². The average Bonchev–Trinajstić information content (AvgIpc) is 2.98. The van der Waals surface area contributed by atoms with Crippen LogP contribution in [-0.2, 0) is 6.54 Å². The van der Waals surface area contributed by atoms with Gasteiger partial charge in [-0.1, -0.05) is 17.9 Å². The molecule has 0 radical (unpaired) electrons. The van der Waals surface area contributed by atoms with Crippen molar-refractivity contribution in [3.05, 3.63) is 51.5 Å². The highest BCUT2D eigenvalue weighted by Gasteiger charge is 2.13. The second kappa shape index (κ2) is 7.02. The van der Waals surface area contributed by atoms with Gasteiger partial charge in [-0.15, -0.1) is 11.3 Å². The van der Waals surface area contributed by atoms with Gasteiger partial charge in [0.15, 0.2) is 0 Å². The second-order valence-corrected chi connectivity index (χ2v) is 5.35. The Morgan fingerprint density at radius 1 is 1.48 bits per heavy atom. The number of benzene rings is 1. The van der Waals surface area contributed by atoms with E-state index in [9.17, 15) is 4.79 Å². The highest BCUT2D eigenvalue weighted by Crippen LogP contribution is 2.13. The third kappa shape index (κ3) is 3.91. The summed E-state index contributed by atoms with van der Waals surface area (Å²) >= 11 is 1.51. The van der Waals surface area contributed by atoms with Gasteiger partial charge in [-0.25, -0.2) is 4.98 Å². The SMILES string of the molecule is Cc1ccc(C(=O)N(C)Cc2cscn2)cc1C#CCO. The quantitative estimate of drug-likeness (QED) is 0.883. The summed E-state index contributed by atoms with van der Waals surface area (Å²) in [6, 6.07) is 5.42. The van der Waals surface area contributed by atoms with Crippen LogP contribution in [0.15, 0.2) is 29.1 Å². The minimum atomic E-state index is -0.193. The van der Waals surface area contributed by atoms with Crippen LogP contribution in [0.3, 0.4) is 0 Å². The molecule has 0 fully saturated rings. The molecule has 21 heavy (non-hydrogen) atoms. The molecule has 0 aliphatic heterocycles. The number of aliphatic hydroxyl groups is 1. The van der Waals surface area contributed by atoms with Crippen LogP contribution in [0, 0.1) is 18.8 Å².